The molecule has 0 bridgehead atoms. The maximum atomic E-state index is 6.25. The zero-order valence-electron chi connectivity index (χ0n) is 10.7. The summed E-state index contributed by atoms with van der Waals surface area (Å²) in [5.74, 6) is 0.833. The standard InChI is InChI=1S/C15H12Br2Cl2O/c1-2-20-10-4-5-11(13(16)8-10)15(17)12-7-9(18)3-6-14(12)19/h3-8,15H,2H2,1H3. The third-order valence-corrected chi connectivity index (χ3v) is 5.04. The Kier molecular flexibility index (Phi) is 5.79. The summed E-state index contributed by atoms with van der Waals surface area (Å²) in [7, 11) is 0. The van der Waals surface area contributed by atoms with Gasteiger partial charge in [0.05, 0.1) is 11.4 Å². The quantitative estimate of drug-likeness (QED) is 0.486. The zero-order chi connectivity index (χ0) is 14.7. The average molecular weight is 439 g/mol. The van der Waals surface area contributed by atoms with Crippen molar-refractivity contribution in [3.05, 3.63) is 62.0 Å². The molecule has 0 amide bonds. The lowest BCUT2D eigenvalue weighted by Crippen LogP contribution is -1.97. The van der Waals surface area contributed by atoms with Gasteiger partial charge in [-0.05, 0) is 48.4 Å². The number of hydrogen-bond donors (Lipinski definition) is 0. The van der Waals surface area contributed by atoms with Crippen molar-refractivity contribution in [3.8, 4) is 5.75 Å². The predicted octanol–water partition coefficient (Wildman–Crippen LogP) is 6.64. The molecule has 0 saturated heterocycles. The van der Waals surface area contributed by atoms with Crippen LogP contribution in [-0.2, 0) is 0 Å². The lowest BCUT2D eigenvalue weighted by molar-refractivity contribution is 0.340. The van der Waals surface area contributed by atoms with E-state index in [1.165, 1.54) is 0 Å². The molecule has 1 atom stereocenters. The Bertz CT molecular complexity index is 617. The van der Waals surface area contributed by atoms with Crippen LogP contribution in [0, 0.1) is 0 Å². The minimum Gasteiger partial charge on any atom is -0.494 e. The van der Waals surface area contributed by atoms with Crippen molar-refractivity contribution in [2.45, 2.75) is 11.8 Å². The van der Waals surface area contributed by atoms with Crippen molar-refractivity contribution in [2.24, 2.45) is 0 Å². The molecule has 106 valence electrons. The molecule has 0 aliphatic rings. The van der Waals surface area contributed by atoms with Crippen LogP contribution in [0.1, 0.15) is 22.9 Å². The Labute approximate surface area is 145 Å². The second kappa shape index (κ2) is 7.17. The second-order valence-corrected chi connectivity index (χ2v) is 6.76. The molecule has 0 aliphatic carbocycles. The third-order valence-electron chi connectivity index (χ3n) is 2.79. The van der Waals surface area contributed by atoms with Crippen LogP contribution in [-0.4, -0.2) is 6.61 Å². The highest BCUT2D eigenvalue weighted by Gasteiger charge is 2.17. The smallest absolute Gasteiger partial charge is 0.120 e. The van der Waals surface area contributed by atoms with Crippen LogP contribution in [0.4, 0.5) is 0 Å². The number of hydrogen-bond acceptors (Lipinski definition) is 1. The summed E-state index contributed by atoms with van der Waals surface area (Å²) < 4.78 is 6.44. The van der Waals surface area contributed by atoms with E-state index in [2.05, 4.69) is 31.9 Å². The molecule has 5 heteroatoms. The molecular weight excluding hydrogens is 427 g/mol. The molecule has 0 saturated carbocycles. The molecule has 0 spiro atoms. The zero-order valence-corrected chi connectivity index (χ0v) is 15.4. The first-order chi connectivity index (χ1) is 9.52. The van der Waals surface area contributed by atoms with Crippen LogP contribution >= 0.6 is 55.1 Å². The molecule has 2 rings (SSSR count). The number of rotatable bonds is 4. The SMILES string of the molecule is CCOc1ccc(C(Br)c2cc(Cl)ccc2Cl)c(Br)c1. The van der Waals surface area contributed by atoms with Crippen LogP contribution < -0.4 is 4.74 Å². The summed E-state index contributed by atoms with van der Waals surface area (Å²) in [6.07, 6.45) is 0. The molecule has 0 fully saturated rings. The van der Waals surface area contributed by atoms with Crippen molar-refractivity contribution < 1.29 is 4.74 Å². The average Bonchev–Trinajstić information content (AvgIpc) is 2.41. The molecule has 2 aromatic rings. The molecule has 0 N–H and O–H groups in total. The van der Waals surface area contributed by atoms with Crippen molar-refractivity contribution >= 4 is 55.1 Å². The maximum Gasteiger partial charge on any atom is 0.120 e. The summed E-state index contributed by atoms with van der Waals surface area (Å²) >= 11 is 19.5. The van der Waals surface area contributed by atoms with E-state index in [9.17, 15) is 0 Å². The van der Waals surface area contributed by atoms with Gasteiger partial charge in [-0.3, -0.25) is 0 Å². The molecule has 0 aromatic heterocycles. The minimum atomic E-state index is -0.0428. The van der Waals surface area contributed by atoms with Gasteiger partial charge in [-0.2, -0.15) is 0 Å². The fraction of sp³-hybridized carbons (Fsp3) is 0.200. The monoisotopic (exact) mass is 436 g/mol. The Morgan fingerprint density at radius 1 is 1.10 bits per heavy atom. The normalized spacial score (nSPS) is 12.2. The van der Waals surface area contributed by atoms with Crippen molar-refractivity contribution in [1.82, 2.24) is 0 Å². The third kappa shape index (κ3) is 3.70. The lowest BCUT2D eigenvalue weighted by Gasteiger charge is -2.15. The molecule has 1 nitrogen and oxygen atoms in total. The summed E-state index contributed by atoms with van der Waals surface area (Å²) in [6.45, 7) is 2.60. The van der Waals surface area contributed by atoms with Crippen LogP contribution in [0.3, 0.4) is 0 Å². The van der Waals surface area contributed by atoms with Gasteiger partial charge in [-0.1, -0.05) is 61.1 Å². The van der Waals surface area contributed by atoms with Gasteiger partial charge in [0.2, 0.25) is 0 Å². The van der Waals surface area contributed by atoms with E-state index >= 15 is 0 Å². The summed E-state index contributed by atoms with van der Waals surface area (Å²) in [4.78, 5) is -0.0428. The van der Waals surface area contributed by atoms with Crippen molar-refractivity contribution in [2.75, 3.05) is 6.61 Å². The summed E-state index contributed by atoms with van der Waals surface area (Å²) in [5, 5.41) is 1.34. The van der Waals surface area contributed by atoms with E-state index in [-0.39, 0.29) is 4.83 Å². The fourth-order valence-electron chi connectivity index (χ4n) is 1.85. The van der Waals surface area contributed by atoms with Gasteiger partial charge in [-0.25, -0.2) is 0 Å². The molecular formula is C15H12Br2Cl2O. The van der Waals surface area contributed by atoms with E-state index < -0.39 is 0 Å². The van der Waals surface area contributed by atoms with Crippen LogP contribution in [0.15, 0.2) is 40.9 Å². The van der Waals surface area contributed by atoms with E-state index in [4.69, 9.17) is 27.9 Å². The number of ether oxygens (including phenoxy) is 1. The van der Waals surface area contributed by atoms with Crippen molar-refractivity contribution in [3.63, 3.8) is 0 Å². The van der Waals surface area contributed by atoms with E-state index in [0.717, 1.165) is 21.3 Å². The molecule has 20 heavy (non-hydrogen) atoms. The Hall–Kier alpha value is -0.220. The maximum absolute atomic E-state index is 6.25. The molecule has 0 heterocycles. The van der Waals surface area contributed by atoms with Crippen LogP contribution in [0.25, 0.3) is 0 Å². The Morgan fingerprint density at radius 2 is 1.85 bits per heavy atom. The van der Waals surface area contributed by atoms with E-state index in [0.29, 0.717) is 16.7 Å². The Balaban J connectivity index is 2.38. The number of halogens is 4. The van der Waals surface area contributed by atoms with Gasteiger partial charge in [0, 0.05) is 14.5 Å². The van der Waals surface area contributed by atoms with E-state index in [1.807, 2.05) is 31.2 Å². The van der Waals surface area contributed by atoms with Gasteiger partial charge < -0.3 is 4.74 Å². The van der Waals surface area contributed by atoms with Gasteiger partial charge >= 0.3 is 0 Å². The predicted molar refractivity (Wildman–Crippen MR) is 92.5 cm³/mol. The first-order valence-corrected chi connectivity index (χ1v) is 8.50. The van der Waals surface area contributed by atoms with Crippen molar-refractivity contribution in [1.29, 1.82) is 0 Å². The second-order valence-electron chi connectivity index (χ2n) is 4.14. The highest BCUT2D eigenvalue weighted by molar-refractivity contribution is 9.11. The highest BCUT2D eigenvalue weighted by Crippen LogP contribution is 2.40. The first-order valence-electron chi connectivity index (χ1n) is 6.04. The lowest BCUT2D eigenvalue weighted by atomic mass is 10.0. The highest BCUT2D eigenvalue weighted by atomic mass is 79.9. The molecule has 2 aromatic carbocycles. The van der Waals surface area contributed by atoms with E-state index in [1.54, 1.807) is 12.1 Å². The molecule has 0 aliphatic heterocycles. The van der Waals surface area contributed by atoms with Gasteiger partial charge in [-0.15, -0.1) is 0 Å². The van der Waals surface area contributed by atoms with Crippen LogP contribution in [0.5, 0.6) is 5.75 Å². The molecule has 1 unspecified atom stereocenters. The fourth-order valence-corrected chi connectivity index (χ4v) is 4.06. The largest absolute Gasteiger partial charge is 0.494 e. The summed E-state index contributed by atoms with van der Waals surface area (Å²) in [6, 6.07) is 11.3. The molecule has 0 radical (unpaired) electrons. The Morgan fingerprint density at radius 3 is 2.50 bits per heavy atom. The van der Waals surface area contributed by atoms with Crippen LogP contribution in [0.2, 0.25) is 10.0 Å². The minimum absolute atomic E-state index is 0.0428. The number of benzene rings is 2. The number of alkyl halides is 1. The van der Waals surface area contributed by atoms with Gasteiger partial charge in [0.15, 0.2) is 0 Å². The van der Waals surface area contributed by atoms with Gasteiger partial charge in [0.25, 0.3) is 0 Å². The topological polar surface area (TPSA) is 9.23 Å². The summed E-state index contributed by atoms with van der Waals surface area (Å²) in [5.41, 5.74) is 2.00. The van der Waals surface area contributed by atoms with Gasteiger partial charge in [0.1, 0.15) is 5.75 Å². The first kappa shape index (κ1) is 16.2.